The Hall–Kier alpha value is -2.47. The third kappa shape index (κ3) is 2.71. The van der Waals surface area contributed by atoms with Gasteiger partial charge in [0.25, 0.3) is 5.91 Å². The molecule has 0 aliphatic carbocycles. The average Bonchev–Trinajstić information content (AvgIpc) is 2.82. The summed E-state index contributed by atoms with van der Waals surface area (Å²) in [5, 5.41) is 3.21. The average molecular weight is 301 g/mol. The minimum atomic E-state index is -0.297. The normalized spacial score (nSPS) is 10.8. The lowest BCUT2D eigenvalue weighted by molar-refractivity contribution is 0.102. The number of nitrogens with one attached hydrogen (secondary N) is 1. The third-order valence-corrected chi connectivity index (χ3v) is 3.93. The molecule has 4 nitrogen and oxygen atoms in total. The van der Waals surface area contributed by atoms with Gasteiger partial charge in [-0.15, -0.1) is 0 Å². The molecule has 3 aromatic rings. The number of carbonyl (C=O) groups is 1. The summed E-state index contributed by atoms with van der Waals surface area (Å²) in [4.78, 5) is 16.4. The van der Waals surface area contributed by atoms with Crippen LogP contribution in [0, 0.1) is 12.7 Å². The van der Waals surface area contributed by atoms with Crippen LogP contribution in [-0.4, -0.2) is 10.9 Å². The number of amides is 1. The first-order valence-corrected chi connectivity index (χ1v) is 7.08. The summed E-state index contributed by atoms with van der Waals surface area (Å²) >= 11 is 1.33. The molecule has 106 valence electrons. The van der Waals surface area contributed by atoms with Crippen LogP contribution in [0.2, 0.25) is 0 Å². The van der Waals surface area contributed by atoms with Crippen LogP contribution in [-0.2, 0) is 0 Å². The third-order valence-electron chi connectivity index (χ3n) is 3.08. The molecule has 0 aliphatic heterocycles. The Morgan fingerprint density at radius 1 is 1.29 bits per heavy atom. The summed E-state index contributed by atoms with van der Waals surface area (Å²) in [5.74, 6) is -0.551. The van der Waals surface area contributed by atoms with Gasteiger partial charge in [0.05, 0.1) is 10.2 Å². The molecule has 21 heavy (non-hydrogen) atoms. The number of fused-ring (bicyclic) bond motifs is 1. The topological polar surface area (TPSA) is 68.0 Å². The zero-order valence-electron chi connectivity index (χ0n) is 11.2. The quantitative estimate of drug-likeness (QED) is 0.760. The Labute approximate surface area is 124 Å². The highest BCUT2D eigenvalue weighted by Crippen LogP contribution is 2.25. The maximum Gasteiger partial charge on any atom is 0.255 e. The molecule has 0 fully saturated rings. The Balaban J connectivity index is 1.87. The number of nitrogen functional groups attached to an aromatic ring is 1. The van der Waals surface area contributed by atoms with Crippen LogP contribution in [0.5, 0.6) is 0 Å². The number of anilines is 2. The Kier molecular flexibility index (Phi) is 3.31. The summed E-state index contributed by atoms with van der Waals surface area (Å²) in [5.41, 5.74) is 7.96. The highest BCUT2D eigenvalue weighted by Gasteiger charge is 2.10. The summed E-state index contributed by atoms with van der Waals surface area (Å²) in [7, 11) is 0. The summed E-state index contributed by atoms with van der Waals surface area (Å²) in [6.07, 6.45) is 0. The van der Waals surface area contributed by atoms with Crippen molar-refractivity contribution in [2.45, 2.75) is 6.92 Å². The van der Waals surface area contributed by atoms with E-state index in [0.29, 0.717) is 21.9 Å². The lowest BCUT2D eigenvalue weighted by atomic mass is 10.1. The van der Waals surface area contributed by atoms with Gasteiger partial charge >= 0.3 is 0 Å². The fourth-order valence-electron chi connectivity index (χ4n) is 2.01. The molecule has 1 amide bonds. The van der Waals surface area contributed by atoms with Crippen molar-refractivity contribution in [1.29, 1.82) is 0 Å². The molecule has 6 heteroatoms. The van der Waals surface area contributed by atoms with E-state index in [0.717, 1.165) is 10.2 Å². The molecule has 1 aromatic heterocycles. The fraction of sp³-hybridized carbons (Fsp3) is 0.0667. The number of nitrogens with two attached hydrogens (primary N) is 1. The molecule has 1 heterocycles. The zero-order chi connectivity index (χ0) is 15.0. The number of benzene rings is 2. The van der Waals surface area contributed by atoms with Crippen molar-refractivity contribution in [3.63, 3.8) is 0 Å². The molecular formula is C15H12FN3OS. The summed E-state index contributed by atoms with van der Waals surface area (Å²) in [6, 6.07) is 9.65. The number of carbonyl (C=O) groups excluding carboxylic acids is 1. The van der Waals surface area contributed by atoms with E-state index in [2.05, 4.69) is 10.3 Å². The predicted molar refractivity (Wildman–Crippen MR) is 83.1 cm³/mol. The van der Waals surface area contributed by atoms with E-state index in [-0.39, 0.29) is 11.7 Å². The van der Waals surface area contributed by atoms with E-state index >= 15 is 0 Å². The van der Waals surface area contributed by atoms with Gasteiger partial charge < -0.3 is 11.1 Å². The van der Waals surface area contributed by atoms with Gasteiger partial charge in [-0.2, -0.15) is 0 Å². The zero-order valence-corrected chi connectivity index (χ0v) is 12.0. The first-order valence-electron chi connectivity index (χ1n) is 6.26. The second-order valence-corrected chi connectivity index (χ2v) is 5.71. The second-order valence-electron chi connectivity index (χ2n) is 4.65. The van der Waals surface area contributed by atoms with Crippen molar-refractivity contribution in [3.05, 3.63) is 53.3 Å². The Morgan fingerprint density at radius 2 is 2.10 bits per heavy atom. The smallest absolute Gasteiger partial charge is 0.255 e. The SMILES string of the molecule is Cc1cc(NC(=O)c2ccc3nc(N)sc3c2)ccc1F. The van der Waals surface area contributed by atoms with Crippen molar-refractivity contribution in [2.24, 2.45) is 0 Å². The maximum atomic E-state index is 13.2. The minimum Gasteiger partial charge on any atom is -0.375 e. The van der Waals surface area contributed by atoms with Crippen LogP contribution < -0.4 is 11.1 Å². The molecule has 0 radical (unpaired) electrons. The van der Waals surface area contributed by atoms with E-state index in [1.165, 1.54) is 23.5 Å². The lowest BCUT2D eigenvalue weighted by Crippen LogP contribution is -2.11. The van der Waals surface area contributed by atoms with E-state index in [1.54, 1.807) is 31.2 Å². The van der Waals surface area contributed by atoms with Crippen LogP contribution in [0.1, 0.15) is 15.9 Å². The predicted octanol–water partition coefficient (Wildman–Crippen LogP) is 3.58. The van der Waals surface area contributed by atoms with Crippen molar-refractivity contribution in [1.82, 2.24) is 4.98 Å². The highest BCUT2D eigenvalue weighted by atomic mass is 32.1. The molecule has 0 unspecified atom stereocenters. The standard InChI is InChI=1S/C15H12FN3OS/c1-8-6-10(3-4-11(8)16)18-14(20)9-2-5-12-13(7-9)21-15(17)19-12/h2-7H,1H3,(H2,17,19)(H,18,20). The summed E-state index contributed by atoms with van der Waals surface area (Å²) in [6.45, 7) is 1.65. The molecule has 3 rings (SSSR count). The number of hydrogen-bond acceptors (Lipinski definition) is 4. The van der Waals surface area contributed by atoms with Crippen molar-refractivity contribution < 1.29 is 9.18 Å². The number of thiazole rings is 1. The number of aromatic nitrogens is 1. The van der Waals surface area contributed by atoms with Gasteiger partial charge in [-0.3, -0.25) is 4.79 Å². The molecule has 0 bridgehead atoms. The van der Waals surface area contributed by atoms with Gasteiger partial charge in [-0.25, -0.2) is 9.37 Å². The highest BCUT2D eigenvalue weighted by molar-refractivity contribution is 7.22. The molecule has 0 saturated heterocycles. The molecular weight excluding hydrogens is 289 g/mol. The molecule has 0 aliphatic rings. The van der Waals surface area contributed by atoms with Gasteiger partial charge in [-0.1, -0.05) is 11.3 Å². The molecule has 0 atom stereocenters. The molecule has 3 N–H and O–H groups in total. The van der Waals surface area contributed by atoms with E-state index in [9.17, 15) is 9.18 Å². The first kappa shape index (κ1) is 13.5. The van der Waals surface area contributed by atoms with Crippen molar-refractivity contribution in [3.8, 4) is 0 Å². The largest absolute Gasteiger partial charge is 0.375 e. The first-order chi connectivity index (χ1) is 10.0. The van der Waals surface area contributed by atoms with Gasteiger partial charge in [-0.05, 0) is 48.9 Å². The van der Waals surface area contributed by atoms with Gasteiger partial charge in [0.2, 0.25) is 0 Å². The van der Waals surface area contributed by atoms with Gasteiger partial charge in [0.1, 0.15) is 5.82 Å². The van der Waals surface area contributed by atoms with Crippen LogP contribution in [0.25, 0.3) is 10.2 Å². The minimum absolute atomic E-state index is 0.255. The van der Waals surface area contributed by atoms with Crippen molar-refractivity contribution >= 4 is 38.3 Å². The van der Waals surface area contributed by atoms with Gasteiger partial charge in [0, 0.05) is 11.3 Å². The fourth-order valence-corrected chi connectivity index (χ4v) is 2.78. The van der Waals surface area contributed by atoms with Crippen LogP contribution >= 0.6 is 11.3 Å². The van der Waals surface area contributed by atoms with Crippen LogP contribution in [0.4, 0.5) is 15.2 Å². The number of aryl methyl sites for hydroxylation is 1. The Bertz CT molecular complexity index is 844. The van der Waals surface area contributed by atoms with E-state index in [4.69, 9.17) is 5.73 Å². The second kappa shape index (κ2) is 5.14. The lowest BCUT2D eigenvalue weighted by Gasteiger charge is -2.06. The van der Waals surface area contributed by atoms with Crippen molar-refractivity contribution in [2.75, 3.05) is 11.1 Å². The number of hydrogen-bond donors (Lipinski definition) is 2. The number of halogens is 1. The number of rotatable bonds is 2. The summed E-state index contributed by atoms with van der Waals surface area (Å²) < 4.78 is 14.1. The van der Waals surface area contributed by atoms with Crippen LogP contribution in [0.15, 0.2) is 36.4 Å². The number of nitrogens with zero attached hydrogens (tertiary/aromatic N) is 1. The molecule has 0 saturated carbocycles. The van der Waals surface area contributed by atoms with E-state index < -0.39 is 0 Å². The maximum absolute atomic E-state index is 13.2. The van der Waals surface area contributed by atoms with E-state index in [1.807, 2.05) is 0 Å². The molecule has 0 spiro atoms. The van der Waals surface area contributed by atoms with Gasteiger partial charge in [0.15, 0.2) is 5.13 Å². The molecule has 2 aromatic carbocycles. The van der Waals surface area contributed by atoms with Crippen LogP contribution in [0.3, 0.4) is 0 Å². The monoisotopic (exact) mass is 301 g/mol. The Morgan fingerprint density at radius 3 is 2.86 bits per heavy atom.